The molecule has 0 unspecified atom stereocenters. The predicted molar refractivity (Wildman–Crippen MR) is 105 cm³/mol. The van der Waals surface area contributed by atoms with Gasteiger partial charge in [-0.2, -0.15) is 5.10 Å². The summed E-state index contributed by atoms with van der Waals surface area (Å²) >= 11 is 6.34. The van der Waals surface area contributed by atoms with Crippen molar-refractivity contribution in [2.75, 3.05) is 19.0 Å². The summed E-state index contributed by atoms with van der Waals surface area (Å²) < 4.78 is 12.5. The number of anilines is 1. The zero-order valence-electron chi connectivity index (χ0n) is 15.7. The predicted octanol–water partition coefficient (Wildman–Crippen LogP) is 3.61. The number of carbonyl (C=O) groups is 1. The number of nitrogens with zero attached hydrogens (tertiary/aromatic N) is 4. The molecular formula is C19H20ClN5O3. The van der Waals surface area contributed by atoms with Crippen LogP contribution in [0.1, 0.15) is 24.2 Å². The van der Waals surface area contributed by atoms with Crippen LogP contribution in [0, 0.1) is 5.92 Å². The van der Waals surface area contributed by atoms with Crippen LogP contribution in [0.15, 0.2) is 43.1 Å². The first kappa shape index (κ1) is 19.6. The Kier molecular flexibility index (Phi) is 6.10. The van der Waals surface area contributed by atoms with E-state index in [1.165, 1.54) is 24.4 Å². The number of rotatable bonds is 7. The van der Waals surface area contributed by atoms with Crippen LogP contribution in [0.25, 0.3) is 5.82 Å². The highest BCUT2D eigenvalue weighted by molar-refractivity contribution is 6.32. The number of amides is 1. The molecule has 1 aromatic carbocycles. The molecule has 0 radical (unpaired) electrons. The number of hydrogen-bond donors (Lipinski definition) is 1. The molecule has 0 spiro atoms. The number of methoxy groups -OCH3 is 1. The summed E-state index contributed by atoms with van der Waals surface area (Å²) in [6.07, 6.45) is 4.49. The van der Waals surface area contributed by atoms with Crippen molar-refractivity contribution in [2.24, 2.45) is 5.92 Å². The molecule has 0 aliphatic carbocycles. The molecule has 0 fully saturated rings. The van der Waals surface area contributed by atoms with Gasteiger partial charge in [-0.25, -0.2) is 14.6 Å². The maximum atomic E-state index is 12.8. The van der Waals surface area contributed by atoms with Crippen molar-refractivity contribution in [1.82, 2.24) is 19.7 Å². The van der Waals surface area contributed by atoms with E-state index >= 15 is 0 Å². The Morgan fingerprint density at radius 2 is 2.18 bits per heavy atom. The fourth-order valence-electron chi connectivity index (χ4n) is 2.43. The first-order chi connectivity index (χ1) is 13.5. The molecule has 2 heterocycles. The first-order valence-corrected chi connectivity index (χ1v) is 8.99. The molecule has 3 aromatic rings. The smallest absolute Gasteiger partial charge is 0.255 e. The second kappa shape index (κ2) is 8.71. The van der Waals surface area contributed by atoms with Crippen LogP contribution < -0.4 is 14.8 Å². The van der Waals surface area contributed by atoms with Gasteiger partial charge in [0.25, 0.3) is 5.91 Å². The highest BCUT2D eigenvalue weighted by Crippen LogP contribution is 2.37. The summed E-state index contributed by atoms with van der Waals surface area (Å²) in [4.78, 5) is 20.9. The van der Waals surface area contributed by atoms with Crippen LogP contribution in [0.3, 0.4) is 0 Å². The number of pyridine rings is 1. The van der Waals surface area contributed by atoms with Crippen molar-refractivity contribution in [3.8, 4) is 17.3 Å². The van der Waals surface area contributed by atoms with Crippen LogP contribution in [0.5, 0.6) is 11.5 Å². The van der Waals surface area contributed by atoms with Crippen LogP contribution in [-0.2, 0) is 0 Å². The fraction of sp³-hybridized carbons (Fsp3) is 0.263. The van der Waals surface area contributed by atoms with Crippen LogP contribution in [0.2, 0.25) is 5.02 Å². The third-order valence-corrected chi connectivity index (χ3v) is 4.00. The maximum Gasteiger partial charge on any atom is 0.255 e. The summed E-state index contributed by atoms with van der Waals surface area (Å²) in [6, 6.07) is 6.57. The van der Waals surface area contributed by atoms with Gasteiger partial charge in [-0.1, -0.05) is 25.4 Å². The van der Waals surface area contributed by atoms with Gasteiger partial charge in [0.05, 0.1) is 24.4 Å². The molecule has 146 valence electrons. The Labute approximate surface area is 167 Å². The molecule has 8 nitrogen and oxygen atoms in total. The van der Waals surface area contributed by atoms with Gasteiger partial charge in [-0.3, -0.25) is 4.79 Å². The van der Waals surface area contributed by atoms with E-state index in [0.717, 1.165) is 0 Å². The van der Waals surface area contributed by atoms with Gasteiger partial charge in [0, 0.05) is 11.8 Å². The highest BCUT2D eigenvalue weighted by Gasteiger charge is 2.18. The van der Waals surface area contributed by atoms with Crippen LogP contribution >= 0.6 is 11.6 Å². The number of hydrogen-bond acceptors (Lipinski definition) is 6. The number of ether oxygens (including phenoxy) is 2. The number of nitrogens with one attached hydrogen (secondary N) is 1. The molecule has 1 amide bonds. The quantitative estimate of drug-likeness (QED) is 0.650. The maximum absolute atomic E-state index is 12.8. The average Bonchev–Trinajstić information content (AvgIpc) is 3.21. The second-order valence-electron chi connectivity index (χ2n) is 6.36. The monoisotopic (exact) mass is 401 g/mol. The summed E-state index contributed by atoms with van der Waals surface area (Å²) in [7, 11) is 1.50. The van der Waals surface area contributed by atoms with Crippen LogP contribution in [0.4, 0.5) is 5.69 Å². The third kappa shape index (κ3) is 4.40. The van der Waals surface area contributed by atoms with Crippen molar-refractivity contribution in [3.05, 3.63) is 53.7 Å². The normalized spacial score (nSPS) is 10.8. The van der Waals surface area contributed by atoms with Crippen molar-refractivity contribution in [3.63, 3.8) is 0 Å². The van der Waals surface area contributed by atoms with E-state index in [1.807, 2.05) is 13.8 Å². The molecule has 0 aliphatic heterocycles. The van der Waals surface area contributed by atoms with E-state index in [2.05, 4.69) is 20.4 Å². The Morgan fingerprint density at radius 1 is 1.36 bits per heavy atom. The molecule has 0 aliphatic rings. The molecule has 1 N–H and O–H groups in total. The van der Waals surface area contributed by atoms with E-state index in [-0.39, 0.29) is 5.91 Å². The Balaban J connectivity index is 1.87. The fourth-order valence-corrected chi connectivity index (χ4v) is 2.70. The van der Waals surface area contributed by atoms with E-state index in [9.17, 15) is 4.79 Å². The minimum atomic E-state index is -0.370. The Hall–Kier alpha value is -3.13. The van der Waals surface area contributed by atoms with Crippen LogP contribution in [-0.4, -0.2) is 39.4 Å². The lowest BCUT2D eigenvalue weighted by Crippen LogP contribution is -2.15. The van der Waals surface area contributed by atoms with Crippen molar-refractivity contribution < 1.29 is 14.3 Å². The number of halogens is 1. The topological polar surface area (TPSA) is 91.2 Å². The van der Waals surface area contributed by atoms with Gasteiger partial charge >= 0.3 is 0 Å². The average molecular weight is 402 g/mol. The largest absolute Gasteiger partial charge is 0.493 e. The molecule has 0 atom stereocenters. The van der Waals surface area contributed by atoms with E-state index in [4.69, 9.17) is 21.1 Å². The molecule has 2 aromatic heterocycles. The van der Waals surface area contributed by atoms with Crippen molar-refractivity contribution in [1.29, 1.82) is 0 Å². The summed E-state index contributed by atoms with van der Waals surface area (Å²) in [5, 5.41) is 7.17. The van der Waals surface area contributed by atoms with E-state index < -0.39 is 0 Å². The SMILES string of the molecule is COc1cc(C(=O)Nc2cccnc2-n2cncn2)cc(Cl)c1OCC(C)C. The van der Waals surface area contributed by atoms with E-state index in [1.54, 1.807) is 30.5 Å². The molecule has 0 bridgehead atoms. The summed E-state index contributed by atoms with van der Waals surface area (Å²) in [5.41, 5.74) is 0.806. The lowest BCUT2D eigenvalue weighted by molar-refractivity contribution is 0.102. The zero-order valence-corrected chi connectivity index (χ0v) is 16.5. The van der Waals surface area contributed by atoms with Gasteiger partial charge in [-0.05, 0) is 30.2 Å². The number of aromatic nitrogens is 4. The number of benzene rings is 1. The minimum Gasteiger partial charge on any atom is -0.493 e. The zero-order chi connectivity index (χ0) is 20.1. The van der Waals surface area contributed by atoms with Gasteiger partial charge in [-0.15, -0.1) is 0 Å². The Bertz CT molecular complexity index is 960. The molecule has 28 heavy (non-hydrogen) atoms. The van der Waals surface area contributed by atoms with Gasteiger partial charge < -0.3 is 14.8 Å². The minimum absolute atomic E-state index is 0.299. The lowest BCUT2D eigenvalue weighted by atomic mass is 10.1. The summed E-state index contributed by atoms with van der Waals surface area (Å²) in [6.45, 7) is 4.55. The number of carbonyl (C=O) groups excluding carboxylic acids is 1. The van der Waals surface area contributed by atoms with Crippen molar-refractivity contribution in [2.45, 2.75) is 13.8 Å². The highest BCUT2D eigenvalue weighted by atomic mass is 35.5. The van der Waals surface area contributed by atoms with Gasteiger partial charge in [0.15, 0.2) is 17.3 Å². The van der Waals surface area contributed by atoms with Gasteiger partial charge in [0.2, 0.25) is 0 Å². The summed E-state index contributed by atoms with van der Waals surface area (Å²) in [5.74, 6) is 1.21. The molecular weight excluding hydrogens is 382 g/mol. The molecule has 0 saturated heterocycles. The molecule has 0 saturated carbocycles. The second-order valence-corrected chi connectivity index (χ2v) is 6.77. The standard InChI is InChI=1S/C19H20ClN5O3/c1-12(2)9-28-17-14(20)7-13(8-16(17)27-3)19(26)24-15-5-4-6-22-18(15)25-11-21-10-23-25/h4-8,10-12H,9H2,1-3H3,(H,24,26). The lowest BCUT2D eigenvalue weighted by Gasteiger charge is -2.15. The van der Waals surface area contributed by atoms with Gasteiger partial charge in [0.1, 0.15) is 12.7 Å². The molecule has 3 rings (SSSR count). The first-order valence-electron chi connectivity index (χ1n) is 8.61. The third-order valence-electron chi connectivity index (χ3n) is 3.72. The Morgan fingerprint density at radius 3 is 2.86 bits per heavy atom. The molecule has 9 heteroatoms. The van der Waals surface area contributed by atoms with E-state index in [0.29, 0.717) is 46.1 Å². The van der Waals surface area contributed by atoms with Crippen molar-refractivity contribution >= 4 is 23.2 Å².